The molecule has 0 amide bonds. The number of esters is 1. The number of ether oxygens (including phenoxy) is 3. The summed E-state index contributed by atoms with van der Waals surface area (Å²) in [7, 11) is 0. The van der Waals surface area contributed by atoms with Crippen LogP contribution >= 0.6 is 0 Å². The highest BCUT2D eigenvalue weighted by Gasteiger charge is 2.35. The van der Waals surface area contributed by atoms with Crippen LogP contribution in [0.15, 0.2) is 42.5 Å². The Morgan fingerprint density at radius 2 is 2.00 bits per heavy atom. The van der Waals surface area contributed by atoms with Crippen LogP contribution in [0.4, 0.5) is 0 Å². The molecule has 88 valence electrons. The molecule has 0 bridgehead atoms. The third kappa shape index (κ3) is 2.09. The summed E-state index contributed by atoms with van der Waals surface area (Å²) in [4.78, 5) is 11.0. The van der Waals surface area contributed by atoms with Crippen LogP contribution in [0.1, 0.15) is 11.9 Å². The van der Waals surface area contributed by atoms with Crippen molar-refractivity contribution in [1.29, 1.82) is 0 Å². The molecule has 4 nitrogen and oxygen atoms in total. The molecule has 2 aliphatic rings. The molecule has 3 rings (SSSR count). The number of benzene rings is 1. The van der Waals surface area contributed by atoms with Gasteiger partial charge in [-0.25, -0.2) is 4.79 Å². The minimum absolute atomic E-state index is 0.216. The first-order valence-corrected chi connectivity index (χ1v) is 5.54. The standard InChI is InChI=1S/C13H12O4/c14-12-7-6-10-11(16-12)8-15-13(17-10)9-4-2-1-3-5-9/h1-7,10-11,13H,8H2/t10-,11+,13?/m0/s1. The smallest absolute Gasteiger partial charge is 0.330 e. The van der Waals surface area contributed by atoms with Crippen LogP contribution in [0.25, 0.3) is 0 Å². The van der Waals surface area contributed by atoms with Crippen molar-refractivity contribution in [2.75, 3.05) is 6.61 Å². The van der Waals surface area contributed by atoms with Gasteiger partial charge in [0.15, 0.2) is 12.4 Å². The fourth-order valence-electron chi connectivity index (χ4n) is 1.96. The lowest BCUT2D eigenvalue weighted by molar-refractivity contribution is -0.251. The van der Waals surface area contributed by atoms with Crippen LogP contribution in [0, 0.1) is 0 Å². The van der Waals surface area contributed by atoms with Gasteiger partial charge in [-0.1, -0.05) is 30.3 Å². The maximum Gasteiger partial charge on any atom is 0.330 e. The zero-order valence-electron chi connectivity index (χ0n) is 9.11. The third-order valence-corrected chi connectivity index (χ3v) is 2.82. The maximum absolute atomic E-state index is 11.0. The van der Waals surface area contributed by atoms with E-state index in [0.717, 1.165) is 5.56 Å². The Kier molecular flexibility index (Phi) is 2.66. The fraction of sp³-hybridized carbons (Fsp3) is 0.308. The fourth-order valence-corrected chi connectivity index (χ4v) is 1.96. The number of hydrogen-bond donors (Lipinski definition) is 0. The number of rotatable bonds is 1. The second-order valence-corrected chi connectivity index (χ2v) is 4.01. The Morgan fingerprint density at radius 3 is 2.82 bits per heavy atom. The second-order valence-electron chi connectivity index (χ2n) is 4.01. The van der Waals surface area contributed by atoms with Gasteiger partial charge in [0.25, 0.3) is 0 Å². The first-order valence-electron chi connectivity index (χ1n) is 5.54. The van der Waals surface area contributed by atoms with Gasteiger partial charge in [-0.2, -0.15) is 0 Å². The Hall–Kier alpha value is -1.65. The van der Waals surface area contributed by atoms with E-state index < -0.39 is 0 Å². The third-order valence-electron chi connectivity index (χ3n) is 2.82. The van der Waals surface area contributed by atoms with Crippen molar-refractivity contribution in [2.24, 2.45) is 0 Å². The van der Waals surface area contributed by atoms with Gasteiger partial charge in [-0.15, -0.1) is 0 Å². The molecular formula is C13H12O4. The SMILES string of the molecule is O=C1C=C[C@@H]2OC(c3ccccc3)OC[C@H]2O1. The molecule has 0 aliphatic carbocycles. The number of fused-ring (bicyclic) bond motifs is 1. The molecule has 1 aromatic carbocycles. The molecule has 2 aliphatic heterocycles. The van der Waals surface area contributed by atoms with Crippen LogP contribution in [-0.4, -0.2) is 24.8 Å². The molecule has 3 atom stereocenters. The summed E-state index contributed by atoms with van der Waals surface area (Å²) < 4.78 is 16.4. The van der Waals surface area contributed by atoms with E-state index >= 15 is 0 Å². The van der Waals surface area contributed by atoms with E-state index in [0.29, 0.717) is 6.61 Å². The van der Waals surface area contributed by atoms with E-state index in [4.69, 9.17) is 14.2 Å². The van der Waals surface area contributed by atoms with E-state index in [1.165, 1.54) is 6.08 Å². The molecule has 0 spiro atoms. The summed E-state index contributed by atoms with van der Waals surface area (Å²) in [6, 6.07) is 9.71. The van der Waals surface area contributed by atoms with Crippen molar-refractivity contribution >= 4 is 5.97 Å². The van der Waals surface area contributed by atoms with Gasteiger partial charge in [0.1, 0.15) is 6.10 Å². The summed E-state index contributed by atoms with van der Waals surface area (Å²) in [5.74, 6) is -0.336. The van der Waals surface area contributed by atoms with Gasteiger partial charge in [-0.05, 0) is 6.08 Å². The first-order chi connectivity index (χ1) is 8.33. The summed E-state index contributed by atoms with van der Waals surface area (Å²) in [6.45, 7) is 0.361. The van der Waals surface area contributed by atoms with Crippen LogP contribution in [0.2, 0.25) is 0 Å². The molecule has 0 saturated carbocycles. The van der Waals surface area contributed by atoms with Crippen LogP contribution in [0.5, 0.6) is 0 Å². The number of carbonyl (C=O) groups is 1. The quantitative estimate of drug-likeness (QED) is 0.690. The Morgan fingerprint density at radius 1 is 1.18 bits per heavy atom. The summed E-state index contributed by atoms with van der Waals surface area (Å²) in [5, 5.41) is 0. The topological polar surface area (TPSA) is 44.8 Å². The molecule has 17 heavy (non-hydrogen) atoms. The van der Waals surface area contributed by atoms with Crippen molar-refractivity contribution in [2.45, 2.75) is 18.5 Å². The average molecular weight is 232 g/mol. The molecule has 1 saturated heterocycles. The van der Waals surface area contributed by atoms with Crippen LogP contribution < -0.4 is 0 Å². The number of carbonyl (C=O) groups excluding carboxylic acids is 1. The van der Waals surface area contributed by atoms with Gasteiger partial charge in [-0.3, -0.25) is 0 Å². The van der Waals surface area contributed by atoms with Crippen molar-refractivity contribution < 1.29 is 19.0 Å². The van der Waals surface area contributed by atoms with Gasteiger partial charge in [0, 0.05) is 11.6 Å². The summed E-state index contributed by atoms with van der Waals surface area (Å²) >= 11 is 0. The predicted molar refractivity (Wildman–Crippen MR) is 59.0 cm³/mol. The summed E-state index contributed by atoms with van der Waals surface area (Å²) in [6.07, 6.45) is 2.20. The molecular weight excluding hydrogens is 220 g/mol. The van der Waals surface area contributed by atoms with E-state index in [2.05, 4.69) is 0 Å². The Balaban J connectivity index is 1.76. The van der Waals surface area contributed by atoms with E-state index in [-0.39, 0.29) is 24.5 Å². The zero-order chi connectivity index (χ0) is 11.7. The highest BCUT2D eigenvalue weighted by atomic mass is 16.7. The molecule has 4 heteroatoms. The first kappa shape index (κ1) is 10.5. The van der Waals surface area contributed by atoms with Crippen molar-refractivity contribution in [3.05, 3.63) is 48.0 Å². The van der Waals surface area contributed by atoms with E-state index in [9.17, 15) is 4.79 Å². The largest absolute Gasteiger partial charge is 0.454 e. The van der Waals surface area contributed by atoms with Gasteiger partial charge < -0.3 is 14.2 Å². The lowest BCUT2D eigenvalue weighted by atomic mass is 10.1. The highest BCUT2D eigenvalue weighted by Crippen LogP contribution is 2.29. The Bertz CT molecular complexity index is 440. The van der Waals surface area contributed by atoms with Gasteiger partial charge in [0.2, 0.25) is 0 Å². The molecule has 0 radical (unpaired) electrons. The summed E-state index contributed by atoms with van der Waals surface area (Å²) in [5.41, 5.74) is 0.969. The maximum atomic E-state index is 11.0. The highest BCUT2D eigenvalue weighted by molar-refractivity contribution is 5.83. The van der Waals surface area contributed by atoms with Crippen LogP contribution in [0.3, 0.4) is 0 Å². The molecule has 1 unspecified atom stereocenters. The minimum atomic E-state index is -0.390. The second kappa shape index (κ2) is 4.31. The average Bonchev–Trinajstić information content (AvgIpc) is 2.39. The molecule has 1 fully saturated rings. The lowest BCUT2D eigenvalue weighted by Gasteiger charge is -2.36. The van der Waals surface area contributed by atoms with Crippen molar-refractivity contribution in [1.82, 2.24) is 0 Å². The monoisotopic (exact) mass is 232 g/mol. The normalized spacial score (nSPS) is 31.8. The van der Waals surface area contributed by atoms with Gasteiger partial charge >= 0.3 is 5.97 Å². The number of hydrogen-bond acceptors (Lipinski definition) is 4. The molecule has 1 aromatic rings. The van der Waals surface area contributed by atoms with Crippen molar-refractivity contribution in [3.8, 4) is 0 Å². The molecule has 0 N–H and O–H groups in total. The zero-order valence-corrected chi connectivity index (χ0v) is 9.11. The van der Waals surface area contributed by atoms with Gasteiger partial charge in [0.05, 0.1) is 6.61 Å². The van der Waals surface area contributed by atoms with E-state index in [1.54, 1.807) is 6.08 Å². The van der Waals surface area contributed by atoms with Crippen LogP contribution in [-0.2, 0) is 19.0 Å². The van der Waals surface area contributed by atoms with Crippen molar-refractivity contribution in [3.63, 3.8) is 0 Å². The van der Waals surface area contributed by atoms with E-state index in [1.807, 2.05) is 30.3 Å². The molecule has 2 heterocycles. The predicted octanol–water partition coefficient (Wildman–Crippen LogP) is 1.58. The minimum Gasteiger partial charge on any atom is -0.454 e. The lowest BCUT2D eigenvalue weighted by Crippen LogP contribution is -2.44. The Labute approximate surface area is 98.8 Å². The molecule has 0 aromatic heterocycles.